The Balaban J connectivity index is 0.00000242. The maximum absolute atomic E-state index is 12.3. The first-order valence-electron chi connectivity index (χ1n) is 6.57. The summed E-state index contributed by atoms with van der Waals surface area (Å²) >= 11 is 0. The van der Waals surface area contributed by atoms with Crippen molar-refractivity contribution >= 4 is 18.3 Å². The Hall–Kier alpha value is -1.54. The fraction of sp³-hybridized carbons (Fsp3) is 0.538. The van der Waals surface area contributed by atoms with E-state index in [1.807, 2.05) is 0 Å². The summed E-state index contributed by atoms with van der Waals surface area (Å²) in [7, 11) is 0. The maximum atomic E-state index is 12.3. The van der Waals surface area contributed by atoms with Crippen molar-refractivity contribution in [3.05, 3.63) is 23.9 Å². The average Bonchev–Trinajstić information content (AvgIpc) is 2.92. The van der Waals surface area contributed by atoms with Crippen LogP contribution in [-0.2, 0) is 0 Å². The minimum atomic E-state index is -4.42. The highest BCUT2D eigenvalue weighted by Crippen LogP contribution is 2.20. The number of carbonyl (C=O) groups excluding carboxylic acids is 1. The van der Waals surface area contributed by atoms with Crippen LogP contribution in [0.1, 0.15) is 23.2 Å². The molecule has 1 unspecified atom stereocenters. The molecule has 1 aliphatic rings. The van der Waals surface area contributed by atoms with Gasteiger partial charge in [-0.2, -0.15) is 13.2 Å². The summed E-state index contributed by atoms with van der Waals surface area (Å²) in [5.74, 6) is -0.376. The Morgan fingerprint density at radius 1 is 1.45 bits per heavy atom. The van der Waals surface area contributed by atoms with E-state index in [-0.39, 0.29) is 30.2 Å². The lowest BCUT2D eigenvalue weighted by atomic mass is 10.2. The average molecular weight is 340 g/mol. The standard InChI is InChI=1S/C13H16F3N3O2.ClH/c14-13(15,16)8-21-11-4-3-9(7-18-11)12(20)19-5-1-2-10(19)6-17;/h3-4,7,10H,1-2,5-6,8,17H2;1H. The molecule has 0 spiro atoms. The summed E-state index contributed by atoms with van der Waals surface area (Å²) in [6, 6.07) is 2.68. The van der Waals surface area contributed by atoms with Gasteiger partial charge >= 0.3 is 6.18 Å². The van der Waals surface area contributed by atoms with Gasteiger partial charge in [-0.1, -0.05) is 0 Å². The summed E-state index contributed by atoms with van der Waals surface area (Å²) in [6.45, 7) is -0.381. The predicted molar refractivity (Wildman–Crippen MR) is 76.1 cm³/mol. The quantitative estimate of drug-likeness (QED) is 0.911. The van der Waals surface area contributed by atoms with Crippen LogP contribution in [0, 0.1) is 0 Å². The number of alkyl halides is 3. The van der Waals surface area contributed by atoms with E-state index in [0.717, 1.165) is 12.8 Å². The maximum Gasteiger partial charge on any atom is 0.422 e. The molecule has 2 rings (SSSR count). The Labute approximate surface area is 132 Å². The molecule has 0 saturated carbocycles. The minimum Gasteiger partial charge on any atom is -0.468 e. The fourth-order valence-electron chi connectivity index (χ4n) is 2.26. The molecule has 2 heterocycles. The molecule has 1 saturated heterocycles. The number of nitrogens with zero attached hydrogens (tertiary/aromatic N) is 2. The molecule has 0 radical (unpaired) electrons. The zero-order chi connectivity index (χ0) is 15.5. The first kappa shape index (κ1) is 18.5. The topological polar surface area (TPSA) is 68.5 Å². The zero-order valence-corrected chi connectivity index (χ0v) is 12.5. The first-order chi connectivity index (χ1) is 9.90. The van der Waals surface area contributed by atoms with Crippen LogP contribution in [0.25, 0.3) is 0 Å². The van der Waals surface area contributed by atoms with Crippen LogP contribution in [0.4, 0.5) is 13.2 Å². The van der Waals surface area contributed by atoms with Crippen LogP contribution in [-0.4, -0.2) is 47.7 Å². The molecule has 9 heteroatoms. The number of carbonyl (C=O) groups is 1. The molecule has 1 amide bonds. The molecule has 0 bridgehead atoms. The molecule has 5 nitrogen and oxygen atoms in total. The molecule has 1 fully saturated rings. The van der Waals surface area contributed by atoms with Gasteiger partial charge in [0.2, 0.25) is 5.88 Å². The van der Waals surface area contributed by atoms with E-state index in [0.29, 0.717) is 18.7 Å². The monoisotopic (exact) mass is 339 g/mol. The molecular formula is C13H17ClF3N3O2. The van der Waals surface area contributed by atoms with Gasteiger partial charge in [-0.05, 0) is 18.9 Å². The number of aromatic nitrogens is 1. The molecule has 124 valence electrons. The third kappa shape index (κ3) is 4.74. The van der Waals surface area contributed by atoms with Crippen LogP contribution < -0.4 is 10.5 Å². The van der Waals surface area contributed by atoms with Crippen LogP contribution >= 0.6 is 12.4 Å². The smallest absolute Gasteiger partial charge is 0.422 e. The van der Waals surface area contributed by atoms with Crippen molar-refractivity contribution in [1.29, 1.82) is 0 Å². The summed E-state index contributed by atoms with van der Waals surface area (Å²) in [4.78, 5) is 17.7. The Kier molecular flexibility index (Phi) is 6.43. The summed E-state index contributed by atoms with van der Waals surface area (Å²) < 4.78 is 40.5. The van der Waals surface area contributed by atoms with Crippen molar-refractivity contribution in [2.75, 3.05) is 19.7 Å². The van der Waals surface area contributed by atoms with Gasteiger partial charge in [0.25, 0.3) is 5.91 Å². The summed E-state index contributed by atoms with van der Waals surface area (Å²) in [6.07, 6.45) is -1.43. The van der Waals surface area contributed by atoms with Crippen molar-refractivity contribution in [3.63, 3.8) is 0 Å². The lowest BCUT2D eigenvalue weighted by molar-refractivity contribution is -0.154. The van der Waals surface area contributed by atoms with Crippen LogP contribution in [0.5, 0.6) is 5.88 Å². The fourth-order valence-corrected chi connectivity index (χ4v) is 2.26. The number of rotatable bonds is 4. The molecule has 1 aromatic rings. The van der Waals surface area contributed by atoms with Crippen molar-refractivity contribution in [2.24, 2.45) is 5.73 Å². The van der Waals surface area contributed by atoms with E-state index < -0.39 is 12.8 Å². The molecule has 22 heavy (non-hydrogen) atoms. The van der Waals surface area contributed by atoms with E-state index in [4.69, 9.17) is 5.73 Å². The molecule has 0 aromatic carbocycles. The first-order valence-corrected chi connectivity index (χ1v) is 6.57. The Morgan fingerprint density at radius 2 is 2.18 bits per heavy atom. The van der Waals surface area contributed by atoms with Gasteiger partial charge in [-0.3, -0.25) is 4.79 Å². The van der Waals surface area contributed by atoms with Gasteiger partial charge in [-0.15, -0.1) is 12.4 Å². The Morgan fingerprint density at radius 3 is 2.73 bits per heavy atom. The van der Waals surface area contributed by atoms with Crippen molar-refractivity contribution in [2.45, 2.75) is 25.1 Å². The number of hydrogen-bond acceptors (Lipinski definition) is 4. The van der Waals surface area contributed by atoms with Crippen LogP contribution in [0.15, 0.2) is 18.3 Å². The van der Waals surface area contributed by atoms with Gasteiger partial charge in [0, 0.05) is 31.4 Å². The van der Waals surface area contributed by atoms with E-state index in [1.54, 1.807) is 4.90 Å². The highest BCUT2D eigenvalue weighted by Gasteiger charge is 2.30. The second-order valence-electron chi connectivity index (χ2n) is 4.82. The van der Waals surface area contributed by atoms with Crippen molar-refractivity contribution in [3.8, 4) is 5.88 Å². The molecule has 2 N–H and O–H groups in total. The van der Waals surface area contributed by atoms with Gasteiger partial charge in [0.05, 0.1) is 5.56 Å². The summed E-state index contributed by atoms with van der Waals surface area (Å²) in [5, 5.41) is 0. The highest BCUT2D eigenvalue weighted by molar-refractivity contribution is 5.94. The SMILES string of the molecule is Cl.NCC1CCCN1C(=O)c1ccc(OCC(F)(F)F)nc1. The van der Waals surface area contributed by atoms with Gasteiger partial charge in [-0.25, -0.2) is 4.98 Å². The van der Waals surface area contributed by atoms with Gasteiger partial charge in [0.15, 0.2) is 6.61 Å². The number of pyridine rings is 1. The number of amides is 1. The predicted octanol–water partition coefficient (Wildman–Crippen LogP) is 2.01. The molecule has 1 aromatic heterocycles. The lowest BCUT2D eigenvalue weighted by Crippen LogP contribution is -2.39. The van der Waals surface area contributed by atoms with Crippen molar-refractivity contribution in [1.82, 2.24) is 9.88 Å². The largest absolute Gasteiger partial charge is 0.468 e. The van der Waals surface area contributed by atoms with E-state index in [1.165, 1.54) is 18.3 Å². The van der Waals surface area contributed by atoms with Gasteiger partial charge in [0.1, 0.15) is 0 Å². The zero-order valence-electron chi connectivity index (χ0n) is 11.7. The van der Waals surface area contributed by atoms with E-state index >= 15 is 0 Å². The third-order valence-corrected chi connectivity index (χ3v) is 3.28. The molecular weight excluding hydrogens is 323 g/mol. The van der Waals surface area contributed by atoms with Crippen LogP contribution in [0.3, 0.4) is 0 Å². The Bertz CT molecular complexity index is 496. The number of nitrogens with two attached hydrogens (primary N) is 1. The normalized spacial score (nSPS) is 18.0. The number of hydrogen-bond donors (Lipinski definition) is 1. The second-order valence-corrected chi connectivity index (χ2v) is 4.82. The van der Waals surface area contributed by atoms with E-state index in [9.17, 15) is 18.0 Å². The molecule has 1 atom stereocenters. The molecule has 1 aliphatic heterocycles. The minimum absolute atomic E-state index is 0. The second kappa shape index (κ2) is 7.64. The van der Waals surface area contributed by atoms with Crippen molar-refractivity contribution < 1.29 is 22.7 Å². The molecule has 0 aliphatic carbocycles. The third-order valence-electron chi connectivity index (χ3n) is 3.28. The summed E-state index contributed by atoms with van der Waals surface area (Å²) in [5.41, 5.74) is 5.92. The number of halogens is 4. The number of ether oxygens (including phenoxy) is 1. The highest BCUT2D eigenvalue weighted by atomic mass is 35.5. The van der Waals surface area contributed by atoms with Gasteiger partial charge < -0.3 is 15.4 Å². The van der Waals surface area contributed by atoms with Crippen LogP contribution in [0.2, 0.25) is 0 Å². The van der Waals surface area contributed by atoms with E-state index in [2.05, 4.69) is 9.72 Å². The number of likely N-dealkylation sites (tertiary alicyclic amines) is 1. The lowest BCUT2D eigenvalue weighted by Gasteiger charge is -2.23.